The summed E-state index contributed by atoms with van der Waals surface area (Å²) < 4.78 is 33.0. The van der Waals surface area contributed by atoms with Crippen LogP contribution in [0, 0.1) is 11.6 Å². The first kappa shape index (κ1) is 13.2. The van der Waals surface area contributed by atoms with Crippen molar-refractivity contribution in [1.29, 1.82) is 0 Å². The van der Waals surface area contributed by atoms with Gasteiger partial charge in [0.2, 0.25) is 5.90 Å². The van der Waals surface area contributed by atoms with E-state index in [1.165, 1.54) is 24.3 Å². The van der Waals surface area contributed by atoms with Gasteiger partial charge in [0.05, 0.1) is 0 Å². The molecule has 4 nitrogen and oxygen atoms in total. The van der Waals surface area contributed by atoms with Gasteiger partial charge in [0.15, 0.2) is 6.61 Å². The standard InChI is InChI=1S/C15H10F2N2O2/c16-12-4-2-1-3-10(12)11-6-5-9(7-13(11)17)15-19-18-14(20)8-21-15/h1-7H,8H2,(H,18,20). The van der Waals surface area contributed by atoms with Crippen LogP contribution in [-0.4, -0.2) is 18.4 Å². The Morgan fingerprint density at radius 3 is 2.48 bits per heavy atom. The van der Waals surface area contributed by atoms with Gasteiger partial charge in [0.1, 0.15) is 11.6 Å². The molecule has 1 N–H and O–H groups in total. The monoisotopic (exact) mass is 288 g/mol. The minimum Gasteiger partial charge on any atom is -0.466 e. The highest BCUT2D eigenvalue weighted by Crippen LogP contribution is 2.26. The van der Waals surface area contributed by atoms with Crippen LogP contribution < -0.4 is 5.43 Å². The number of ether oxygens (including phenoxy) is 1. The number of carbonyl (C=O) groups excluding carboxylic acids is 1. The summed E-state index contributed by atoms with van der Waals surface area (Å²) in [5.74, 6) is -1.35. The molecule has 0 saturated heterocycles. The van der Waals surface area contributed by atoms with Gasteiger partial charge < -0.3 is 4.74 Å². The molecule has 106 valence electrons. The average Bonchev–Trinajstić information content (AvgIpc) is 2.49. The first-order chi connectivity index (χ1) is 10.1. The van der Waals surface area contributed by atoms with Crippen molar-refractivity contribution in [2.45, 2.75) is 0 Å². The molecule has 2 aromatic rings. The largest absolute Gasteiger partial charge is 0.466 e. The first-order valence-electron chi connectivity index (χ1n) is 6.19. The van der Waals surface area contributed by atoms with Crippen LogP contribution in [0.15, 0.2) is 47.6 Å². The zero-order chi connectivity index (χ0) is 14.8. The molecule has 3 rings (SSSR count). The third-order valence-corrected chi connectivity index (χ3v) is 3.00. The number of hydrazone groups is 1. The lowest BCUT2D eigenvalue weighted by molar-refractivity contribution is -0.124. The second-order valence-corrected chi connectivity index (χ2v) is 4.42. The number of hydrogen-bond donors (Lipinski definition) is 1. The lowest BCUT2D eigenvalue weighted by Gasteiger charge is -2.14. The van der Waals surface area contributed by atoms with Crippen LogP contribution in [0.25, 0.3) is 11.1 Å². The number of nitrogens with zero attached hydrogens (tertiary/aromatic N) is 1. The third kappa shape index (κ3) is 2.60. The number of hydrogen-bond acceptors (Lipinski definition) is 3. The Bertz CT molecular complexity index is 744. The van der Waals surface area contributed by atoms with Crippen LogP contribution in [0.1, 0.15) is 5.56 Å². The Labute approximate surface area is 119 Å². The van der Waals surface area contributed by atoms with Crippen LogP contribution in [-0.2, 0) is 9.53 Å². The van der Waals surface area contributed by atoms with Gasteiger partial charge in [-0.3, -0.25) is 4.79 Å². The molecule has 6 heteroatoms. The summed E-state index contributed by atoms with van der Waals surface area (Å²) in [6, 6.07) is 10.1. The van der Waals surface area contributed by atoms with Gasteiger partial charge in [-0.1, -0.05) is 24.3 Å². The van der Waals surface area contributed by atoms with Crippen LogP contribution in [0.5, 0.6) is 0 Å². The lowest BCUT2D eigenvalue weighted by atomic mass is 10.0. The number of carbonyl (C=O) groups is 1. The molecule has 0 unspecified atom stereocenters. The van der Waals surface area contributed by atoms with Crippen molar-refractivity contribution in [2.24, 2.45) is 5.10 Å². The molecule has 0 fully saturated rings. The molecule has 1 heterocycles. The van der Waals surface area contributed by atoms with Crippen molar-refractivity contribution in [3.8, 4) is 11.1 Å². The molecule has 0 aliphatic carbocycles. The normalized spacial score (nSPS) is 14.2. The van der Waals surface area contributed by atoms with E-state index in [0.29, 0.717) is 5.56 Å². The number of nitrogens with one attached hydrogen (secondary N) is 1. The smallest absolute Gasteiger partial charge is 0.278 e. The fraction of sp³-hybridized carbons (Fsp3) is 0.0667. The maximum absolute atomic E-state index is 14.2. The SMILES string of the molecule is O=C1COC(c2ccc(-c3ccccc3F)c(F)c2)=NN1. The molecule has 0 bridgehead atoms. The fourth-order valence-corrected chi connectivity index (χ4v) is 2.01. The molecule has 0 radical (unpaired) electrons. The van der Waals surface area contributed by atoms with Gasteiger partial charge in [-0.2, -0.15) is 0 Å². The quantitative estimate of drug-likeness (QED) is 0.922. The maximum atomic E-state index is 14.2. The molecule has 21 heavy (non-hydrogen) atoms. The van der Waals surface area contributed by atoms with E-state index in [2.05, 4.69) is 10.5 Å². The van der Waals surface area contributed by atoms with Crippen LogP contribution >= 0.6 is 0 Å². The summed E-state index contributed by atoms with van der Waals surface area (Å²) >= 11 is 0. The zero-order valence-electron chi connectivity index (χ0n) is 10.8. The van der Waals surface area contributed by atoms with E-state index in [1.54, 1.807) is 18.2 Å². The second-order valence-electron chi connectivity index (χ2n) is 4.42. The Balaban J connectivity index is 1.97. The van der Waals surface area contributed by atoms with E-state index in [0.717, 1.165) is 0 Å². The second kappa shape index (κ2) is 5.32. The molecule has 0 spiro atoms. The highest BCUT2D eigenvalue weighted by Gasteiger charge is 2.17. The molecule has 1 amide bonds. The summed E-state index contributed by atoms with van der Waals surface area (Å²) in [4.78, 5) is 10.9. The van der Waals surface area contributed by atoms with Crippen molar-refractivity contribution < 1.29 is 18.3 Å². The predicted molar refractivity (Wildman–Crippen MR) is 72.4 cm³/mol. The Morgan fingerprint density at radius 1 is 1.05 bits per heavy atom. The van der Waals surface area contributed by atoms with Crippen molar-refractivity contribution in [2.75, 3.05) is 6.61 Å². The van der Waals surface area contributed by atoms with Gasteiger partial charge >= 0.3 is 0 Å². The van der Waals surface area contributed by atoms with Crippen molar-refractivity contribution >= 4 is 11.8 Å². The summed E-state index contributed by atoms with van der Waals surface area (Å²) in [5, 5.41) is 3.70. The molecular formula is C15H10F2N2O2. The Hall–Kier alpha value is -2.76. The van der Waals surface area contributed by atoms with E-state index in [1.807, 2.05) is 0 Å². The summed E-state index contributed by atoms with van der Waals surface area (Å²) in [5.41, 5.74) is 2.95. The van der Waals surface area contributed by atoms with Gasteiger partial charge in [-0.15, -0.1) is 5.10 Å². The summed E-state index contributed by atoms with van der Waals surface area (Å²) in [7, 11) is 0. The lowest BCUT2D eigenvalue weighted by Crippen LogP contribution is -2.32. The number of halogens is 2. The Morgan fingerprint density at radius 2 is 1.81 bits per heavy atom. The molecule has 1 aliphatic rings. The average molecular weight is 288 g/mol. The molecule has 0 aromatic heterocycles. The number of amides is 1. The van der Waals surface area contributed by atoms with E-state index in [9.17, 15) is 13.6 Å². The summed E-state index contributed by atoms with van der Waals surface area (Å²) in [6.45, 7) is -0.171. The highest BCUT2D eigenvalue weighted by atomic mass is 19.1. The van der Waals surface area contributed by atoms with Crippen molar-refractivity contribution in [3.63, 3.8) is 0 Å². The molecule has 0 atom stereocenters. The van der Waals surface area contributed by atoms with Crippen LogP contribution in [0.3, 0.4) is 0 Å². The van der Waals surface area contributed by atoms with Gasteiger partial charge in [0.25, 0.3) is 5.91 Å². The van der Waals surface area contributed by atoms with E-state index in [-0.39, 0.29) is 29.5 Å². The molecule has 2 aromatic carbocycles. The van der Waals surface area contributed by atoms with Gasteiger partial charge in [-0.25, -0.2) is 14.2 Å². The molecule has 0 saturated carbocycles. The zero-order valence-corrected chi connectivity index (χ0v) is 10.8. The van der Waals surface area contributed by atoms with Crippen molar-refractivity contribution in [3.05, 3.63) is 59.7 Å². The van der Waals surface area contributed by atoms with E-state index < -0.39 is 11.6 Å². The third-order valence-electron chi connectivity index (χ3n) is 3.00. The van der Waals surface area contributed by atoms with Crippen LogP contribution in [0.4, 0.5) is 8.78 Å². The van der Waals surface area contributed by atoms with Crippen LogP contribution in [0.2, 0.25) is 0 Å². The topological polar surface area (TPSA) is 50.7 Å². The minimum absolute atomic E-state index is 0.119. The summed E-state index contributed by atoms with van der Waals surface area (Å²) in [6.07, 6.45) is 0. The fourth-order valence-electron chi connectivity index (χ4n) is 2.01. The Kier molecular flexibility index (Phi) is 3.35. The van der Waals surface area contributed by atoms with Gasteiger partial charge in [0, 0.05) is 16.7 Å². The first-order valence-corrected chi connectivity index (χ1v) is 6.19. The number of benzene rings is 2. The van der Waals surface area contributed by atoms with E-state index in [4.69, 9.17) is 4.74 Å². The van der Waals surface area contributed by atoms with Crippen molar-refractivity contribution in [1.82, 2.24) is 5.43 Å². The molecular weight excluding hydrogens is 278 g/mol. The highest BCUT2D eigenvalue weighted by molar-refractivity contribution is 5.98. The predicted octanol–water partition coefficient (Wildman–Crippen LogP) is 2.44. The van der Waals surface area contributed by atoms with Gasteiger partial charge in [-0.05, 0) is 18.2 Å². The minimum atomic E-state index is -0.596. The van der Waals surface area contributed by atoms with E-state index >= 15 is 0 Å². The molecule has 1 aliphatic heterocycles. The number of rotatable bonds is 2. The maximum Gasteiger partial charge on any atom is 0.278 e.